The van der Waals surface area contributed by atoms with Gasteiger partial charge in [0.2, 0.25) is 0 Å². The lowest BCUT2D eigenvalue weighted by molar-refractivity contribution is -0.123. The second-order valence-electron chi connectivity index (χ2n) is 6.66. The normalized spacial score (nSPS) is 10.4. The molecule has 0 aromatic heterocycles. The molecule has 3 aromatic carbocycles. The number of imide groups is 1. The average Bonchev–Trinajstić information content (AvgIpc) is 2.82. The smallest absolute Gasteiger partial charge is 0.387 e. The molecule has 9 heteroatoms. The monoisotopic (exact) mass is 455 g/mol. The molecule has 0 saturated heterocycles. The van der Waals surface area contributed by atoms with Crippen molar-refractivity contribution in [3.05, 3.63) is 95.6 Å². The Morgan fingerprint density at radius 1 is 0.818 bits per heavy atom. The van der Waals surface area contributed by atoms with Crippen molar-refractivity contribution in [3.63, 3.8) is 0 Å². The largest absolute Gasteiger partial charge is 0.489 e. The van der Waals surface area contributed by atoms with E-state index >= 15 is 0 Å². The molecular formula is C24H19F2NO6. The van der Waals surface area contributed by atoms with Crippen LogP contribution in [-0.4, -0.2) is 31.0 Å². The van der Waals surface area contributed by atoms with Crippen molar-refractivity contribution < 1.29 is 37.4 Å². The van der Waals surface area contributed by atoms with E-state index in [-0.39, 0.29) is 16.9 Å². The van der Waals surface area contributed by atoms with Crippen molar-refractivity contribution in [2.45, 2.75) is 13.2 Å². The van der Waals surface area contributed by atoms with E-state index in [2.05, 4.69) is 4.74 Å². The van der Waals surface area contributed by atoms with Crippen LogP contribution in [0, 0.1) is 0 Å². The third-order valence-corrected chi connectivity index (χ3v) is 4.25. The van der Waals surface area contributed by atoms with Gasteiger partial charge in [-0.2, -0.15) is 8.78 Å². The Bertz CT molecular complexity index is 1100. The summed E-state index contributed by atoms with van der Waals surface area (Å²) in [6, 6.07) is 20.5. The summed E-state index contributed by atoms with van der Waals surface area (Å²) in [6.07, 6.45) is 0. The summed E-state index contributed by atoms with van der Waals surface area (Å²) in [5.74, 6) is -2.08. The van der Waals surface area contributed by atoms with E-state index in [1.807, 2.05) is 35.6 Å². The van der Waals surface area contributed by atoms with Crippen molar-refractivity contribution in [3.8, 4) is 11.5 Å². The molecular weight excluding hydrogens is 436 g/mol. The van der Waals surface area contributed by atoms with Crippen LogP contribution in [-0.2, 0) is 16.1 Å². The van der Waals surface area contributed by atoms with Crippen LogP contribution in [0.4, 0.5) is 8.78 Å². The van der Waals surface area contributed by atoms with Gasteiger partial charge in [-0.25, -0.2) is 4.79 Å². The van der Waals surface area contributed by atoms with Crippen LogP contribution in [0.1, 0.15) is 26.3 Å². The molecule has 0 unspecified atom stereocenters. The van der Waals surface area contributed by atoms with Gasteiger partial charge >= 0.3 is 12.6 Å². The van der Waals surface area contributed by atoms with Crippen LogP contribution in [0.15, 0.2) is 78.9 Å². The first kappa shape index (κ1) is 23.4. The minimum atomic E-state index is -2.99. The molecule has 7 nitrogen and oxygen atoms in total. The van der Waals surface area contributed by atoms with E-state index in [0.29, 0.717) is 12.4 Å². The Morgan fingerprint density at radius 3 is 2.24 bits per heavy atom. The fourth-order valence-corrected chi connectivity index (χ4v) is 2.69. The summed E-state index contributed by atoms with van der Waals surface area (Å²) in [7, 11) is 0. The quantitative estimate of drug-likeness (QED) is 0.491. The summed E-state index contributed by atoms with van der Waals surface area (Å²) < 4.78 is 39.1. The summed E-state index contributed by atoms with van der Waals surface area (Å²) in [6.45, 7) is -3.36. The molecule has 1 N–H and O–H groups in total. The predicted octanol–water partition coefficient (Wildman–Crippen LogP) is 3.98. The van der Waals surface area contributed by atoms with Crippen molar-refractivity contribution >= 4 is 17.8 Å². The average molecular weight is 455 g/mol. The molecule has 0 spiro atoms. The van der Waals surface area contributed by atoms with Crippen molar-refractivity contribution in [1.29, 1.82) is 0 Å². The molecule has 33 heavy (non-hydrogen) atoms. The number of amides is 2. The molecule has 3 rings (SSSR count). The van der Waals surface area contributed by atoms with E-state index in [9.17, 15) is 23.2 Å². The van der Waals surface area contributed by atoms with Gasteiger partial charge in [0, 0.05) is 5.56 Å². The highest BCUT2D eigenvalue weighted by molar-refractivity contribution is 6.05. The zero-order valence-corrected chi connectivity index (χ0v) is 17.2. The second kappa shape index (κ2) is 11.4. The highest BCUT2D eigenvalue weighted by Crippen LogP contribution is 2.17. The van der Waals surface area contributed by atoms with Gasteiger partial charge in [-0.15, -0.1) is 0 Å². The van der Waals surface area contributed by atoms with Crippen LogP contribution < -0.4 is 14.8 Å². The highest BCUT2D eigenvalue weighted by Gasteiger charge is 2.15. The maximum Gasteiger partial charge on any atom is 0.387 e. The molecule has 0 aliphatic carbocycles. The summed E-state index contributed by atoms with van der Waals surface area (Å²) in [4.78, 5) is 36.2. The fourth-order valence-electron chi connectivity index (χ4n) is 2.69. The minimum absolute atomic E-state index is 0.0413. The Labute approximate surface area is 187 Å². The number of rotatable bonds is 9. The third kappa shape index (κ3) is 7.42. The Hall–Kier alpha value is -4.27. The Balaban J connectivity index is 1.47. The van der Waals surface area contributed by atoms with Crippen LogP contribution in [0.2, 0.25) is 0 Å². The van der Waals surface area contributed by atoms with Gasteiger partial charge in [0.25, 0.3) is 11.8 Å². The van der Waals surface area contributed by atoms with Crippen molar-refractivity contribution in [1.82, 2.24) is 5.32 Å². The number of benzene rings is 3. The van der Waals surface area contributed by atoms with Crippen LogP contribution in [0.25, 0.3) is 0 Å². The Kier molecular flexibility index (Phi) is 8.07. The van der Waals surface area contributed by atoms with Crippen LogP contribution >= 0.6 is 0 Å². The van der Waals surface area contributed by atoms with Gasteiger partial charge in [0.05, 0.1) is 5.56 Å². The molecule has 0 heterocycles. The van der Waals surface area contributed by atoms with E-state index in [4.69, 9.17) is 9.47 Å². The molecule has 0 aliphatic rings. The zero-order chi connectivity index (χ0) is 23.6. The first-order valence-corrected chi connectivity index (χ1v) is 9.73. The van der Waals surface area contributed by atoms with Gasteiger partial charge in [-0.3, -0.25) is 14.9 Å². The van der Waals surface area contributed by atoms with Crippen LogP contribution in [0.3, 0.4) is 0 Å². The SMILES string of the molecule is O=C(COC(=O)c1cccc(OCc2ccccc2)c1)NC(=O)c1ccc(OC(F)F)cc1. The van der Waals surface area contributed by atoms with Gasteiger partial charge < -0.3 is 14.2 Å². The Morgan fingerprint density at radius 2 is 1.55 bits per heavy atom. The topological polar surface area (TPSA) is 90.9 Å². The first-order valence-electron chi connectivity index (χ1n) is 9.73. The number of hydrogen-bond acceptors (Lipinski definition) is 6. The number of nitrogens with one attached hydrogen (secondary N) is 1. The maximum atomic E-state index is 12.2. The van der Waals surface area contributed by atoms with Gasteiger partial charge in [0.15, 0.2) is 6.61 Å². The van der Waals surface area contributed by atoms with Gasteiger partial charge in [-0.1, -0.05) is 36.4 Å². The number of carbonyl (C=O) groups excluding carboxylic acids is 3. The van der Waals surface area contributed by atoms with Crippen molar-refractivity contribution in [2.75, 3.05) is 6.61 Å². The molecule has 2 amide bonds. The van der Waals surface area contributed by atoms with E-state index in [1.165, 1.54) is 36.4 Å². The minimum Gasteiger partial charge on any atom is -0.489 e. The highest BCUT2D eigenvalue weighted by atomic mass is 19.3. The second-order valence-corrected chi connectivity index (χ2v) is 6.66. The molecule has 0 bridgehead atoms. The zero-order valence-electron chi connectivity index (χ0n) is 17.2. The third-order valence-electron chi connectivity index (χ3n) is 4.25. The summed E-state index contributed by atoms with van der Waals surface area (Å²) in [5.41, 5.74) is 1.18. The van der Waals surface area contributed by atoms with Crippen LogP contribution in [0.5, 0.6) is 11.5 Å². The number of halogens is 2. The van der Waals surface area contributed by atoms with E-state index in [1.54, 1.807) is 12.1 Å². The van der Waals surface area contributed by atoms with Gasteiger partial charge in [-0.05, 0) is 48.0 Å². The number of carbonyl (C=O) groups is 3. The molecule has 3 aromatic rings. The lowest BCUT2D eigenvalue weighted by Gasteiger charge is -2.09. The summed E-state index contributed by atoms with van der Waals surface area (Å²) >= 11 is 0. The molecule has 170 valence electrons. The lowest BCUT2D eigenvalue weighted by Crippen LogP contribution is -2.34. The number of ether oxygens (including phenoxy) is 3. The molecule has 0 saturated carbocycles. The maximum absolute atomic E-state index is 12.2. The number of esters is 1. The fraction of sp³-hybridized carbons (Fsp3) is 0.125. The predicted molar refractivity (Wildman–Crippen MR) is 113 cm³/mol. The van der Waals surface area contributed by atoms with E-state index < -0.39 is 31.0 Å². The van der Waals surface area contributed by atoms with E-state index in [0.717, 1.165) is 5.56 Å². The molecule has 0 fully saturated rings. The number of alkyl halides is 2. The van der Waals surface area contributed by atoms with Gasteiger partial charge in [0.1, 0.15) is 18.1 Å². The molecule has 0 aliphatic heterocycles. The standard InChI is InChI=1S/C24H19F2NO6/c25-24(26)33-19-11-9-17(10-12-19)22(29)27-21(28)15-32-23(30)18-7-4-8-20(13-18)31-14-16-5-2-1-3-6-16/h1-13,24H,14-15H2,(H,27,28,29). The molecule has 0 atom stereocenters. The van der Waals surface area contributed by atoms with Crippen molar-refractivity contribution in [2.24, 2.45) is 0 Å². The first-order chi connectivity index (χ1) is 15.9. The molecule has 0 radical (unpaired) electrons. The number of hydrogen-bond donors (Lipinski definition) is 1. The lowest BCUT2D eigenvalue weighted by atomic mass is 10.2. The summed E-state index contributed by atoms with van der Waals surface area (Å²) in [5, 5.41) is 2.04.